The minimum Gasteiger partial charge on any atom is -0.448 e. The number of aliphatic hydroxyl groups is 1. The van der Waals surface area contributed by atoms with E-state index in [1.54, 1.807) is 4.90 Å². The third-order valence-corrected chi connectivity index (χ3v) is 2.40. The molecule has 12 heavy (non-hydrogen) atoms. The fraction of sp³-hybridized carbons (Fsp3) is 0.875. The summed E-state index contributed by atoms with van der Waals surface area (Å²) in [7, 11) is 0. The van der Waals surface area contributed by atoms with Crippen LogP contribution in [0.15, 0.2) is 0 Å². The first kappa shape index (κ1) is 9.32. The lowest BCUT2D eigenvalue weighted by atomic mass is 10.0. The molecule has 1 heterocycles. The van der Waals surface area contributed by atoms with Crippen LogP contribution in [0, 0.1) is 5.92 Å². The molecule has 0 aromatic carbocycles. The molecule has 1 aliphatic heterocycles. The molecule has 0 saturated carbocycles. The van der Waals surface area contributed by atoms with E-state index in [4.69, 9.17) is 9.84 Å². The van der Waals surface area contributed by atoms with Crippen molar-refractivity contribution in [3.8, 4) is 0 Å². The zero-order valence-electron chi connectivity index (χ0n) is 7.49. The van der Waals surface area contributed by atoms with Gasteiger partial charge in [-0.2, -0.15) is 0 Å². The number of amides is 1. The van der Waals surface area contributed by atoms with Crippen LogP contribution in [0.25, 0.3) is 0 Å². The average Bonchev–Trinajstić information content (AvgIpc) is 2.48. The number of carbonyl (C=O) groups is 1. The van der Waals surface area contributed by atoms with Crippen LogP contribution in [0.3, 0.4) is 0 Å². The van der Waals surface area contributed by atoms with Gasteiger partial charge in [-0.25, -0.2) is 4.79 Å². The smallest absolute Gasteiger partial charge is 0.410 e. The lowest BCUT2D eigenvalue weighted by molar-refractivity contribution is 0.123. The van der Waals surface area contributed by atoms with Gasteiger partial charge in [0.15, 0.2) is 0 Å². The third-order valence-electron chi connectivity index (χ3n) is 2.40. The quantitative estimate of drug-likeness (QED) is 0.674. The zero-order chi connectivity index (χ0) is 9.14. The summed E-state index contributed by atoms with van der Waals surface area (Å²) >= 11 is 0. The van der Waals surface area contributed by atoms with E-state index in [0.29, 0.717) is 13.2 Å². The highest BCUT2D eigenvalue weighted by Crippen LogP contribution is 2.14. The zero-order valence-corrected chi connectivity index (χ0v) is 7.49. The summed E-state index contributed by atoms with van der Waals surface area (Å²) in [5.74, 6) is 0.107. The second-order valence-electron chi connectivity index (χ2n) is 3.21. The summed E-state index contributed by atoms with van der Waals surface area (Å²) in [6.07, 6.45) is -0.261. The van der Waals surface area contributed by atoms with Gasteiger partial charge in [-0.3, -0.25) is 0 Å². The highest BCUT2D eigenvalue weighted by atomic mass is 16.6. The molecule has 1 N–H and O–H groups in total. The van der Waals surface area contributed by atoms with Gasteiger partial charge in [0, 0.05) is 12.6 Å². The second-order valence-corrected chi connectivity index (χ2v) is 3.21. The Morgan fingerprint density at radius 3 is 2.75 bits per heavy atom. The van der Waals surface area contributed by atoms with Crippen LogP contribution in [0.1, 0.15) is 13.8 Å². The normalized spacial score (nSPS) is 22.2. The summed E-state index contributed by atoms with van der Waals surface area (Å²) in [5, 5.41) is 8.87. The molecule has 0 radical (unpaired) electrons. The van der Waals surface area contributed by atoms with Gasteiger partial charge in [0.25, 0.3) is 0 Å². The number of aliphatic hydroxyl groups excluding tert-OH is 1. The van der Waals surface area contributed by atoms with Crippen LogP contribution in [0.4, 0.5) is 4.79 Å². The van der Waals surface area contributed by atoms with Crippen molar-refractivity contribution in [3.63, 3.8) is 0 Å². The van der Waals surface area contributed by atoms with E-state index in [1.807, 2.05) is 13.8 Å². The van der Waals surface area contributed by atoms with E-state index in [0.717, 1.165) is 0 Å². The number of rotatable bonds is 3. The molecular formula is C8H15NO3. The van der Waals surface area contributed by atoms with E-state index in [-0.39, 0.29) is 24.7 Å². The number of hydrogen-bond donors (Lipinski definition) is 1. The Morgan fingerprint density at radius 1 is 1.67 bits per heavy atom. The molecule has 0 aromatic heterocycles. The van der Waals surface area contributed by atoms with Crippen LogP contribution in [0.5, 0.6) is 0 Å². The Balaban J connectivity index is 2.51. The molecule has 4 nitrogen and oxygen atoms in total. The Hall–Kier alpha value is -0.770. The summed E-state index contributed by atoms with van der Waals surface area (Å²) in [5.41, 5.74) is 0. The Morgan fingerprint density at radius 2 is 2.33 bits per heavy atom. The first-order chi connectivity index (χ1) is 5.66. The molecule has 1 amide bonds. The van der Waals surface area contributed by atoms with E-state index >= 15 is 0 Å². The minimum atomic E-state index is -0.261. The molecular weight excluding hydrogens is 158 g/mol. The molecule has 0 aliphatic carbocycles. The standard InChI is InChI=1S/C8H15NO3/c1-6(5-10)7(2)9-3-4-12-8(9)11/h6-7,10H,3-5H2,1-2H3. The predicted octanol–water partition coefficient (Wildman–Crippen LogP) is 0.456. The molecule has 1 aliphatic rings. The lowest BCUT2D eigenvalue weighted by Gasteiger charge is -2.25. The molecule has 1 saturated heterocycles. The van der Waals surface area contributed by atoms with E-state index in [1.165, 1.54) is 0 Å². The van der Waals surface area contributed by atoms with Crippen molar-refractivity contribution in [3.05, 3.63) is 0 Å². The molecule has 0 bridgehead atoms. The van der Waals surface area contributed by atoms with Crippen molar-refractivity contribution in [1.82, 2.24) is 4.90 Å². The number of carbonyl (C=O) groups excluding carboxylic acids is 1. The van der Waals surface area contributed by atoms with Gasteiger partial charge in [-0.1, -0.05) is 6.92 Å². The van der Waals surface area contributed by atoms with E-state index in [2.05, 4.69) is 0 Å². The van der Waals surface area contributed by atoms with Gasteiger partial charge in [0.05, 0.1) is 6.54 Å². The predicted molar refractivity (Wildman–Crippen MR) is 43.8 cm³/mol. The number of nitrogens with zero attached hydrogens (tertiary/aromatic N) is 1. The summed E-state index contributed by atoms with van der Waals surface area (Å²) < 4.78 is 4.79. The van der Waals surface area contributed by atoms with Crippen molar-refractivity contribution >= 4 is 6.09 Å². The van der Waals surface area contributed by atoms with Crippen molar-refractivity contribution in [2.45, 2.75) is 19.9 Å². The SMILES string of the molecule is CC(CO)C(C)N1CCOC1=O. The molecule has 2 unspecified atom stereocenters. The van der Waals surface area contributed by atoms with Crippen LogP contribution in [-0.2, 0) is 4.74 Å². The molecule has 0 aromatic rings. The maximum Gasteiger partial charge on any atom is 0.410 e. The second kappa shape index (κ2) is 3.76. The van der Waals surface area contributed by atoms with Crippen molar-refractivity contribution in [2.24, 2.45) is 5.92 Å². The van der Waals surface area contributed by atoms with Gasteiger partial charge < -0.3 is 14.7 Å². The third kappa shape index (κ3) is 1.69. The summed E-state index contributed by atoms with van der Waals surface area (Å²) in [6, 6.07) is 0.0602. The largest absolute Gasteiger partial charge is 0.448 e. The summed E-state index contributed by atoms with van der Waals surface area (Å²) in [6.45, 7) is 5.06. The highest BCUT2D eigenvalue weighted by Gasteiger charge is 2.29. The molecule has 2 atom stereocenters. The fourth-order valence-corrected chi connectivity index (χ4v) is 1.24. The van der Waals surface area contributed by atoms with Gasteiger partial charge in [-0.05, 0) is 12.8 Å². The van der Waals surface area contributed by atoms with Crippen LogP contribution < -0.4 is 0 Å². The van der Waals surface area contributed by atoms with E-state index < -0.39 is 0 Å². The maximum atomic E-state index is 11.1. The first-order valence-electron chi connectivity index (χ1n) is 4.21. The number of cyclic esters (lactones) is 1. The lowest BCUT2D eigenvalue weighted by Crippen LogP contribution is -2.39. The van der Waals surface area contributed by atoms with Crippen LogP contribution in [0.2, 0.25) is 0 Å². The molecule has 1 rings (SSSR count). The van der Waals surface area contributed by atoms with E-state index in [9.17, 15) is 4.79 Å². The minimum absolute atomic E-state index is 0.0602. The Labute approximate surface area is 72.1 Å². The number of hydrogen-bond acceptors (Lipinski definition) is 3. The summed E-state index contributed by atoms with van der Waals surface area (Å²) in [4.78, 5) is 12.7. The van der Waals surface area contributed by atoms with Gasteiger partial charge in [0.1, 0.15) is 6.61 Å². The molecule has 1 fully saturated rings. The fourth-order valence-electron chi connectivity index (χ4n) is 1.24. The monoisotopic (exact) mass is 173 g/mol. The molecule has 4 heteroatoms. The van der Waals surface area contributed by atoms with Gasteiger partial charge >= 0.3 is 6.09 Å². The molecule has 70 valence electrons. The number of ether oxygens (including phenoxy) is 1. The highest BCUT2D eigenvalue weighted by molar-refractivity contribution is 5.69. The van der Waals surface area contributed by atoms with Crippen molar-refractivity contribution in [2.75, 3.05) is 19.8 Å². The van der Waals surface area contributed by atoms with Gasteiger partial charge in [-0.15, -0.1) is 0 Å². The van der Waals surface area contributed by atoms with Crippen LogP contribution in [-0.4, -0.2) is 41.9 Å². The Bertz CT molecular complexity index is 172. The molecule has 0 spiro atoms. The maximum absolute atomic E-state index is 11.1. The van der Waals surface area contributed by atoms with Crippen molar-refractivity contribution in [1.29, 1.82) is 0 Å². The van der Waals surface area contributed by atoms with Gasteiger partial charge in [0.2, 0.25) is 0 Å². The van der Waals surface area contributed by atoms with Crippen LogP contribution >= 0.6 is 0 Å². The topological polar surface area (TPSA) is 49.8 Å². The van der Waals surface area contributed by atoms with Crippen molar-refractivity contribution < 1.29 is 14.6 Å². The first-order valence-corrected chi connectivity index (χ1v) is 4.21. The average molecular weight is 173 g/mol. The Kier molecular flexibility index (Phi) is 2.92.